The molecule has 8 heteroatoms. The molecule has 0 saturated carbocycles. The van der Waals surface area contributed by atoms with Gasteiger partial charge in [-0.25, -0.2) is 9.78 Å². The summed E-state index contributed by atoms with van der Waals surface area (Å²) in [7, 11) is 1.49. The van der Waals surface area contributed by atoms with E-state index >= 15 is 0 Å². The lowest BCUT2D eigenvalue weighted by Crippen LogP contribution is -2.53. The lowest BCUT2D eigenvalue weighted by Gasteiger charge is -2.44. The molecule has 1 unspecified atom stereocenters. The summed E-state index contributed by atoms with van der Waals surface area (Å²) in [5.41, 5.74) is 0.0600. The van der Waals surface area contributed by atoms with E-state index < -0.39 is 23.5 Å². The molecule has 0 radical (unpaired) electrons. The van der Waals surface area contributed by atoms with Gasteiger partial charge in [0.1, 0.15) is 0 Å². The Hall–Kier alpha value is -1.99. The molecule has 24 heavy (non-hydrogen) atoms. The van der Waals surface area contributed by atoms with E-state index in [2.05, 4.69) is 10.3 Å². The van der Waals surface area contributed by atoms with Gasteiger partial charge in [-0.05, 0) is 24.8 Å². The van der Waals surface area contributed by atoms with Crippen LogP contribution in [0.3, 0.4) is 0 Å². The molecular weight excluding hydrogens is 323 g/mol. The highest BCUT2D eigenvalue weighted by Gasteiger charge is 2.51. The van der Waals surface area contributed by atoms with Gasteiger partial charge in [0.25, 0.3) is 0 Å². The second-order valence-electron chi connectivity index (χ2n) is 6.71. The van der Waals surface area contributed by atoms with Gasteiger partial charge in [0.2, 0.25) is 5.88 Å². The Balaban J connectivity index is 2.07. The van der Waals surface area contributed by atoms with Crippen LogP contribution < -0.4 is 10.1 Å². The van der Waals surface area contributed by atoms with Crippen LogP contribution in [0.2, 0.25) is 0 Å². The van der Waals surface area contributed by atoms with Gasteiger partial charge in [-0.2, -0.15) is 13.2 Å². The summed E-state index contributed by atoms with van der Waals surface area (Å²) in [5, 5.41) is 2.71. The molecule has 0 bridgehead atoms. The topological polar surface area (TPSA) is 54.5 Å². The van der Waals surface area contributed by atoms with Gasteiger partial charge in [0.15, 0.2) is 0 Å². The van der Waals surface area contributed by atoms with E-state index in [0.717, 1.165) is 0 Å². The SMILES string of the molecule is COc1ccc(NC(=O)N2CCC(C(F)(F)F)C(C)(C)C2)c(C)n1. The number of piperidine rings is 1. The molecule has 134 valence electrons. The number of likely N-dealkylation sites (tertiary alicyclic amines) is 1. The summed E-state index contributed by atoms with van der Waals surface area (Å²) >= 11 is 0. The van der Waals surface area contributed by atoms with Crippen molar-refractivity contribution in [2.75, 3.05) is 25.5 Å². The second kappa shape index (κ2) is 6.49. The van der Waals surface area contributed by atoms with E-state index in [0.29, 0.717) is 17.3 Å². The molecule has 1 aliphatic rings. The summed E-state index contributed by atoms with van der Waals surface area (Å²) in [5.74, 6) is -0.976. The number of methoxy groups -OCH3 is 1. The minimum absolute atomic E-state index is 0.0473. The first kappa shape index (κ1) is 18.4. The number of aryl methyl sites for hydroxylation is 1. The fraction of sp³-hybridized carbons (Fsp3) is 0.625. The maximum atomic E-state index is 13.1. The summed E-state index contributed by atoms with van der Waals surface area (Å²) in [4.78, 5) is 18.0. The highest BCUT2D eigenvalue weighted by molar-refractivity contribution is 5.90. The van der Waals surface area contributed by atoms with Crippen molar-refractivity contribution >= 4 is 11.7 Å². The molecular formula is C16H22F3N3O2. The van der Waals surface area contributed by atoms with Crippen molar-refractivity contribution in [3.63, 3.8) is 0 Å². The molecule has 2 heterocycles. The van der Waals surface area contributed by atoms with Gasteiger partial charge in [-0.15, -0.1) is 0 Å². The van der Waals surface area contributed by atoms with Gasteiger partial charge in [-0.1, -0.05) is 13.8 Å². The summed E-state index contributed by atoms with van der Waals surface area (Å²) in [6.45, 7) is 4.93. The van der Waals surface area contributed by atoms with Crippen LogP contribution in [0.4, 0.5) is 23.7 Å². The van der Waals surface area contributed by atoms with Crippen LogP contribution in [0.5, 0.6) is 5.88 Å². The number of carbonyl (C=O) groups excluding carboxylic acids is 1. The smallest absolute Gasteiger partial charge is 0.392 e. The number of rotatable bonds is 2. The number of nitrogens with one attached hydrogen (secondary N) is 1. The molecule has 0 aromatic carbocycles. The van der Waals surface area contributed by atoms with Crippen LogP contribution >= 0.6 is 0 Å². The standard InChI is InChI=1S/C16H22F3N3O2/c1-10-11(5-6-13(20-10)24-4)21-14(23)22-8-7-12(16(17,18)19)15(2,3)9-22/h5-6,12H,7-9H2,1-4H3,(H,21,23). The van der Waals surface area contributed by atoms with Crippen molar-refractivity contribution in [3.8, 4) is 5.88 Å². The zero-order valence-corrected chi connectivity index (χ0v) is 14.2. The number of urea groups is 1. The van der Waals surface area contributed by atoms with E-state index in [-0.39, 0.29) is 19.5 Å². The van der Waals surface area contributed by atoms with E-state index in [1.807, 2.05) is 0 Å². The molecule has 1 aromatic heterocycles. The minimum Gasteiger partial charge on any atom is -0.481 e. The molecule has 1 aromatic rings. The zero-order chi connectivity index (χ0) is 18.1. The lowest BCUT2D eigenvalue weighted by atomic mass is 9.73. The number of nitrogens with zero attached hydrogens (tertiary/aromatic N) is 2. The van der Waals surface area contributed by atoms with Crippen molar-refractivity contribution in [1.82, 2.24) is 9.88 Å². The number of pyridine rings is 1. The second-order valence-corrected chi connectivity index (χ2v) is 6.71. The molecule has 1 N–H and O–H groups in total. The fourth-order valence-electron chi connectivity index (χ4n) is 3.11. The fourth-order valence-corrected chi connectivity index (χ4v) is 3.11. The third kappa shape index (κ3) is 3.91. The number of hydrogen-bond acceptors (Lipinski definition) is 3. The van der Waals surface area contributed by atoms with E-state index in [4.69, 9.17) is 4.74 Å². The Morgan fingerprint density at radius 1 is 1.42 bits per heavy atom. The third-order valence-electron chi connectivity index (χ3n) is 4.42. The Labute approximate surface area is 139 Å². The molecule has 1 aliphatic heterocycles. The molecule has 0 aliphatic carbocycles. The molecule has 5 nitrogen and oxygen atoms in total. The predicted molar refractivity (Wildman–Crippen MR) is 84.1 cm³/mol. The summed E-state index contributed by atoms with van der Waals surface area (Å²) in [6.07, 6.45) is -4.34. The third-order valence-corrected chi connectivity index (χ3v) is 4.42. The molecule has 1 saturated heterocycles. The zero-order valence-electron chi connectivity index (χ0n) is 14.2. The highest BCUT2D eigenvalue weighted by Crippen LogP contribution is 2.45. The van der Waals surface area contributed by atoms with Gasteiger partial charge in [0.05, 0.1) is 24.4 Å². The number of anilines is 1. The van der Waals surface area contributed by atoms with Crippen molar-refractivity contribution in [2.24, 2.45) is 11.3 Å². The van der Waals surface area contributed by atoms with Crippen LogP contribution in [-0.2, 0) is 0 Å². The maximum absolute atomic E-state index is 13.1. The first-order valence-corrected chi connectivity index (χ1v) is 7.69. The predicted octanol–water partition coefficient (Wildman–Crippen LogP) is 3.84. The van der Waals surface area contributed by atoms with Gasteiger partial charge >= 0.3 is 12.2 Å². The Bertz CT molecular complexity index is 617. The monoisotopic (exact) mass is 345 g/mol. The van der Waals surface area contributed by atoms with Crippen molar-refractivity contribution in [2.45, 2.75) is 33.4 Å². The maximum Gasteiger partial charge on any atom is 0.392 e. The number of amides is 2. The number of aromatic nitrogens is 1. The van der Waals surface area contributed by atoms with Crippen LogP contribution in [0, 0.1) is 18.3 Å². The Morgan fingerprint density at radius 2 is 2.08 bits per heavy atom. The number of halogens is 3. The van der Waals surface area contributed by atoms with Crippen molar-refractivity contribution in [3.05, 3.63) is 17.8 Å². The molecule has 0 spiro atoms. The van der Waals surface area contributed by atoms with Crippen molar-refractivity contribution in [1.29, 1.82) is 0 Å². The van der Waals surface area contributed by atoms with E-state index in [1.165, 1.54) is 12.0 Å². The number of alkyl halides is 3. The van der Waals surface area contributed by atoms with Crippen LogP contribution in [-0.4, -0.2) is 42.3 Å². The van der Waals surface area contributed by atoms with Crippen molar-refractivity contribution < 1.29 is 22.7 Å². The molecule has 2 rings (SSSR count). The average Bonchev–Trinajstić information content (AvgIpc) is 2.46. The van der Waals surface area contributed by atoms with E-state index in [1.54, 1.807) is 32.9 Å². The molecule has 1 fully saturated rings. The van der Waals surface area contributed by atoms with Gasteiger partial charge in [0, 0.05) is 19.2 Å². The van der Waals surface area contributed by atoms with Gasteiger partial charge in [-0.3, -0.25) is 0 Å². The van der Waals surface area contributed by atoms with Gasteiger partial charge < -0.3 is 15.0 Å². The first-order chi connectivity index (χ1) is 11.0. The van der Waals surface area contributed by atoms with Crippen LogP contribution in [0.1, 0.15) is 26.0 Å². The van der Waals surface area contributed by atoms with Crippen LogP contribution in [0.25, 0.3) is 0 Å². The Kier molecular flexibility index (Phi) is 4.96. The highest BCUT2D eigenvalue weighted by atomic mass is 19.4. The Morgan fingerprint density at radius 3 is 2.58 bits per heavy atom. The quantitative estimate of drug-likeness (QED) is 0.886. The first-order valence-electron chi connectivity index (χ1n) is 7.69. The summed E-state index contributed by atoms with van der Waals surface area (Å²) in [6, 6.07) is 2.86. The largest absolute Gasteiger partial charge is 0.481 e. The number of ether oxygens (including phenoxy) is 1. The number of carbonyl (C=O) groups is 1. The van der Waals surface area contributed by atoms with Crippen LogP contribution in [0.15, 0.2) is 12.1 Å². The summed E-state index contributed by atoms with van der Waals surface area (Å²) < 4.78 is 44.3. The lowest BCUT2D eigenvalue weighted by molar-refractivity contribution is -0.214. The average molecular weight is 345 g/mol. The normalized spacial score (nSPS) is 20.6. The molecule has 2 amide bonds. The number of hydrogen-bond donors (Lipinski definition) is 1. The molecule has 1 atom stereocenters. The minimum atomic E-state index is -4.25. The van der Waals surface area contributed by atoms with E-state index in [9.17, 15) is 18.0 Å².